The first-order valence-corrected chi connectivity index (χ1v) is 12.3. The predicted octanol–water partition coefficient (Wildman–Crippen LogP) is 5.53. The van der Waals surface area contributed by atoms with Gasteiger partial charge >= 0.3 is 6.18 Å². The minimum Gasteiger partial charge on any atom is -0.497 e. The van der Waals surface area contributed by atoms with Crippen molar-refractivity contribution in [3.8, 4) is 5.75 Å². The van der Waals surface area contributed by atoms with E-state index in [9.17, 15) is 22.8 Å². The van der Waals surface area contributed by atoms with Gasteiger partial charge in [0.05, 0.1) is 18.4 Å². The summed E-state index contributed by atoms with van der Waals surface area (Å²) in [5, 5.41) is 3.36. The zero-order valence-electron chi connectivity index (χ0n) is 21.4. The van der Waals surface area contributed by atoms with Gasteiger partial charge in [0.1, 0.15) is 12.3 Å². The molecule has 0 atom stereocenters. The molecule has 1 aliphatic rings. The van der Waals surface area contributed by atoms with Gasteiger partial charge in [0.25, 0.3) is 5.91 Å². The summed E-state index contributed by atoms with van der Waals surface area (Å²) in [5.41, 5.74) is -0.216. The lowest BCUT2D eigenvalue weighted by molar-refractivity contribution is -0.137. The summed E-state index contributed by atoms with van der Waals surface area (Å²) in [4.78, 5) is 33.3. The van der Waals surface area contributed by atoms with Gasteiger partial charge in [-0.1, -0.05) is 12.1 Å². The fourth-order valence-corrected chi connectivity index (χ4v) is 4.46. The van der Waals surface area contributed by atoms with Gasteiger partial charge in [-0.3, -0.25) is 19.5 Å². The smallest absolute Gasteiger partial charge is 0.418 e. The summed E-state index contributed by atoms with van der Waals surface area (Å²) in [6.45, 7) is 1.17. The number of alkyl halides is 3. The number of halogens is 4. The lowest BCUT2D eigenvalue weighted by Crippen LogP contribution is -2.47. The van der Waals surface area contributed by atoms with Gasteiger partial charge in [0.2, 0.25) is 5.91 Å². The Morgan fingerprint density at radius 3 is 2.28 bits per heavy atom. The number of benzene rings is 2. The van der Waals surface area contributed by atoms with Crippen molar-refractivity contribution < 1.29 is 27.5 Å². The Hall–Kier alpha value is -3.79. The molecule has 0 unspecified atom stereocenters. The van der Waals surface area contributed by atoms with Crippen molar-refractivity contribution in [2.24, 2.45) is 5.92 Å². The molecule has 1 N–H and O–H groups in total. The van der Waals surface area contributed by atoms with E-state index in [0.717, 1.165) is 36.0 Å². The van der Waals surface area contributed by atoms with Crippen molar-refractivity contribution in [3.05, 3.63) is 84.2 Å². The normalized spacial score (nSPS) is 13.8. The van der Waals surface area contributed by atoms with E-state index < -0.39 is 30.1 Å². The topological polar surface area (TPSA) is 74.8 Å². The Balaban J connectivity index is 0.00000420. The molecule has 3 aromatic rings. The van der Waals surface area contributed by atoms with Crippen LogP contribution in [0.4, 0.5) is 24.5 Å². The third kappa shape index (κ3) is 7.63. The number of hydrogen-bond donors (Lipinski definition) is 1. The quantitative estimate of drug-likeness (QED) is 0.391. The summed E-state index contributed by atoms with van der Waals surface area (Å²) >= 11 is 0. The van der Waals surface area contributed by atoms with Crippen LogP contribution in [0.5, 0.6) is 5.75 Å². The molecule has 7 nitrogen and oxygen atoms in total. The molecule has 0 saturated carbocycles. The molecule has 0 spiro atoms. The Morgan fingerprint density at radius 1 is 1.03 bits per heavy atom. The van der Waals surface area contributed by atoms with Crippen molar-refractivity contribution in [3.63, 3.8) is 0 Å². The number of likely N-dealkylation sites (tertiary alicyclic amines) is 1. The molecule has 39 heavy (non-hydrogen) atoms. The van der Waals surface area contributed by atoms with Crippen LogP contribution in [0.2, 0.25) is 0 Å². The summed E-state index contributed by atoms with van der Waals surface area (Å²) in [6, 6.07) is 14.6. The molecule has 11 heteroatoms. The van der Waals surface area contributed by atoms with Crippen LogP contribution in [0, 0.1) is 5.92 Å². The number of methoxy groups -OCH3 is 1. The largest absolute Gasteiger partial charge is 0.497 e. The summed E-state index contributed by atoms with van der Waals surface area (Å²) in [7, 11) is 1.47. The number of pyridine rings is 1. The van der Waals surface area contributed by atoms with Gasteiger partial charge < -0.3 is 15.0 Å². The molecule has 1 fully saturated rings. The highest BCUT2D eigenvalue weighted by atomic mass is 35.5. The fraction of sp³-hybridized carbons (Fsp3) is 0.321. The van der Waals surface area contributed by atoms with Crippen LogP contribution in [0.1, 0.15) is 28.8 Å². The second-order valence-electron chi connectivity index (χ2n) is 9.08. The van der Waals surface area contributed by atoms with Gasteiger partial charge in [-0.2, -0.15) is 13.2 Å². The highest BCUT2D eigenvalue weighted by Crippen LogP contribution is 2.37. The number of carbonyl (C=O) groups excluding carboxylic acids is 2. The van der Waals surface area contributed by atoms with Crippen LogP contribution >= 0.6 is 12.4 Å². The zero-order chi connectivity index (χ0) is 27.1. The summed E-state index contributed by atoms with van der Waals surface area (Å²) in [5.74, 6) is -0.255. The highest BCUT2D eigenvalue weighted by molar-refractivity contribution is 6.09. The predicted molar refractivity (Wildman–Crippen MR) is 145 cm³/mol. The molecule has 1 aliphatic heterocycles. The van der Waals surface area contributed by atoms with E-state index in [0.29, 0.717) is 24.8 Å². The first kappa shape index (κ1) is 29.8. The van der Waals surface area contributed by atoms with E-state index in [4.69, 9.17) is 4.74 Å². The molecular weight excluding hydrogens is 533 g/mol. The average Bonchev–Trinajstić information content (AvgIpc) is 2.95. The van der Waals surface area contributed by atoms with Crippen LogP contribution < -0.4 is 15.0 Å². The number of aromatic nitrogens is 1. The number of piperidine rings is 1. The number of nitrogens with zero attached hydrogens (tertiary/aromatic N) is 3. The molecule has 1 saturated heterocycles. The summed E-state index contributed by atoms with van der Waals surface area (Å²) < 4.78 is 46.6. The van der Waals surface area contributed by atoms with E-state index in [1.54, 1.807) is 29.4 Å². The van der Waals surface area contributed by atoms with Crippen LogP contribution in [-0.4, -0.2) is 55.0 Å². The number of rotatable bonds is 8. The number of carbonyl (C=O) groups is 2. The Morgan fingerprint density at radius 2 is 1.67 bits per heavy atom. The molecule has 4 rings (SSSR count). The lowest BCUT2D eigenvalue weighted by atomic mass is 9.96. The van der Waals surface area contributed by atoms with Crippen molar-refractivity contribution >= 4 is 35.6 Å². The number of hydrogen-bond acceptors (Lipinski definition) is 5. The van der Waals surface area contributed by atoms with Crippen molar-refractivity contribution in [2.45, 2.75) is 19.0 Å². The Bertz CT molecular complexity index is 1230. The monoisotopic (exact) mass is 562 g/mol. The minimum atomic E-state index is -4.70. The molecule has 0 radical (unpaired) electrons. The van der Waals surface area contributed by atoms with E-state index in [2.05, 4.69) is 10.3 Å². The van der Waals surface area contributed by atoms with Gasteiger partial charge in [-0.05, 0) is 67.3 Å². The number of nitrogens with one attached hydrogen (secondary N) is 1. The lowest BCUT2D eigenvalue weighted by Gasteiger charge is -2.34. The standard InChI is InChI=1S/C28H29F3N4O3.ClH/c1-38-23-8-6-21(7-9-23)27(37)35(25-5-3-2-4-24(25)28(29,30)31)19-26(36)34-16-12-20(13-17-34)18-33-22-10-14-32-15-11-22;/h2-11,14-15,20H,12-13,16-19H2,1H3,(H,32,33);1H. The van der Waals surface area contributed by atoms with Gasteiger partial charge in [-0.25, -0.2) is 0 Å². The first-order chi connectivity index (χ1) is 18.3. The molecular formula is C28H30ClF3N4O3. The van der Waals surface area contributed by atoms with Crippen molar-refractivity contribution in [2.75, 3.05) is 43.5 Å². The third-order valence-corrected chi connectivity index (χ3v) is 6.62. The van der Waals surface area contributed by atoms with Gasteiger partial charge in [-0.15, -0.1) is 12.4 Å². The summed E-state index contributed by atoms with van der Waals surface area (Å²) in [6.07, 6.45) is 0.210. The molecule has 2 aromatic carbocycles. The SMILES string of the molecule is COc1ccc(C(=O)N(CC(=O)N2CCC(CNc3ccncc3)CC2)c2ccccc2C(F)(F)F)cc1.Cl. The highest BCUT2D eigenvalue weighted by Gasteiger charge is 2.37. The Labute approximate surface area is 231 Å². The van der Waals surface area contributed by atoms with E-state index in [1.807, 2.05) is 12.1 Å². The van der Waals surface area contributed by atoms with Gasteiger partial charge in [0, 0.05) is 43.3 Å². The Kier molecular flexibility index (Phi) is 10.2. The van der Waals surface area contributed by atoms with Crippen LogP contribution in [0.25, 0.3) is 0 Å². The van der Waals surface area contributed by atoms with Crippen molar-refractivity contribution in [1.29, 1.82) is 0 Å². The molecule has 2 heterocycles. The third-order valence-electron chi connectivity index (χ3n) is 6.62. The molecule has 0 aliphatic carbocycles. The van der Waals surface area contributed by atoms with Crippen molar-refractivity contribution in [1.82, 2.24) is 9.88 Å². The number of anilines is 2. The van der Waals surface area contributed by atoms with Gasteiger partial charge in [0.15, 0.2) is 0 Å². The van der Waals surface area contributed by atoms with Crippen LogP contribution in [0.3, 0.4) is 0 Å². The zero-order valence-corrected chi connectivity index (χ0v) is 22.2. The number of ether oxygens (including phenoxy) is 1. The second-order valence-corrected chi connectivity index (χ2v) is 9.08. The minimum absolute atomic E-state index is 0. The average molecular weight is 563 g/mol. The number of amides is 2. The fourth-order valence-electron chi connectivity index (χ4n) is 4.46. The van der Waals surface area contributed by atoms with E-state index >= 15 is 0 Å². The van der Waals surface area contributed by atoms with Crippen LogP contribution in [0.15, 0.2) is 73.1 Å². The molecule has 208 valence electrons. The second kappa shape index (κ2) is 13.3. The first-order valence-electron chi connectivity index (χ1n) is 12.3. The molecule has 2 amide bonds. The maximum absolute atomic E-state index is 13.8. The maximum atomic E-state index is 13.8. The number of para-hydroxylation sites is 1. The molecule has 0 bridgehead atoms. The van der Waals surface area contributed by atoms with E-state index in [-0.39, 0.29) is 23.7 Å². The van der Waals surface area contributed by atoms with Crippen LogP contribution in [-0.2, 0) is 11.0 Å². The molecule has 1 aromatic heterocycles. The maximum Gasteiger partial charge on any atom is 0.418 e. The van der Waals surface area contributed by atoms with E-state index in [1.165, 1.54) is 37.4 Å².